The Bertz CT molecular complexity index is 169. The van der Waals surface area contributed by atoms with Crippen LogP contribution in [-0.4, -0.2) is 7.18 Å². The predicted octanol–water partition coefficient (Wildman–Crippen LogP) is 3.67. The summed E-state index contributed by atoms with van der Waals surface area (Å²) in [4.78, 5) is 0. The van der Waals surface area contributed by atoms with Crippen molar-refractivity contribution in [1.82, 2.24) is 0 Å². The average molecular weight is 168 g/mol. The van der Waals surface area contributed by atoms with E-state index in [-0.39, 0.29) is 0 Å². The van der Waals surface area contributed by atoms with Crippen LogP contribution in [0.1, 0.15) is 19.8 Å². The zero-order valence-electron chi connectivity index (χ0n) is 7.94. The lowest BCUT2D eigenvalue weighted by Gasteiger charge is -1.96. The molecule has 0 aromatic carbocycles. The summed E-state index contributed by atoms with van der Waals surface area (Å²) in [7, 11) is 0.500. The van der Waals surface area contributed by atoms with E-state index in [4.69, 9.17) is 0 Å². The van der Waals surface area contributed by atoms with Crippen molar-refractivity contribution in [3.63, 3.8) is 0 Å². The van der Waals surface area contributed by atoms with Gasteiger partial charge in [0.2, 0.25) is 0 Å². The molecule has 0 heterocycles. The molecule has 0 amide bonds. The summed E-state index contributed by atoms with van der Waals surface area (Å²) >= 11 is 0. The Morgan fingerprint density at radius 2 is 1.50 bits per heavy atom. The SMILES string of the molecule is C=CC1=C(C=C)CC(C)C1.CF. The Morgan fingerprint density at radius 3 is 1.75 bits per heavy atom. The molecule has 0 aromatic heterocycles. The van der Waals surface area contributed by atoms with Crippen LogP contribution in [0.2, 0.25) is 0 Å². The fraction of sp³-hybridized carbons (Fsp3) is 0.455. The van der Waals surface area contributed by atoms with E-state index >= 15 is 0 Å². The molecule has 0 spiro atoms. The zero-order chi connectivity index (χ0) is 9.56. The highest BCUT2D eigenvalue weighted by Gasteiger charge is 2.15. The van der Waals surface area contributed by atoms with Crippen LogP contribution in [0, 0.1) is 5.92 Å². The lowest BCUT2D eigenvalue weighted by molar-refractivity contribution is 0.626. The minimum Gasteiger partial charge on any atom is -0.255 e. The molecule has 0 aromatic rings. The van der Waals surface area contributed by atoms with E-state index in [1.54, 1.807) is 0 Å². The molecule has 1 aliphatic rings. The summed E-state index contributed by atoms with van der Waals surface area (Å²) < 4.78 is 9.50. The van der Waals surface area contributed by atoms with Gasteiger partial charge in [0.1, 0.15) is 0 Å². The smallest absolute Gasteiger partial charge is 0.0785 e. The van der Waals surface area contributed by atoms with Gasteiger partial charge in [0.25, 0.3) is 0 Å². The van der Waals surface area contributed by atoms with Gasteiger partial charge >= 0.3 is 0 Å². The first-order valence-corrected chi connectivity index (χ1v) is 4.12. The van der Waals surface area contributed by atoms with Gasteiger partial charge in [0.15, 0.2) is 0 Å². The van der Waals surface area contributed by atoms with Gasteiger partial charge in [-0.15, -0.1) is 0 Å². The Balaban J connectivity index is 0.000000561. The van der Waals surface area contributed by atoms with Crippen LogP contribution in [0.5, 0.6) is 0 Å². The number of hydrogen-bond donors (Lipinski definition) is 0. The molecule has 0 radical (unpaired) electrons. The van der Waals surface area contributed by atoms with Crippen LogP contribution in [0.4, 0.5) is 4.39 Å². The average Bonchev–Trinajstić information content (AvgIpc) is 2.49. The molecule has 0 atom stereocenters. The summed E-state index contributed by atoms with van der Waals surface area (Å²) in [5.74, 6) is 0.793. The van der Waals surface area contributed by atoms with Crippen LogP contribution in [0.3, 0.4) is 0 Å². The van der Waals surface area contributed by atoms with Gasteiger partial charge in [-0.2, -0.15) is 0 Å². The maximum Gasteiger partial charge on any atom is 0.0785 e. The third kappa shape index (κ3) is 2.65. The zero-order valence-corrected chi connectivity index (χ0v) is 7.94. The summed E-state index contributed by atoms with van der Waals surface area (Å²) in [5.41, 5.74) is 2.78. The first-order valence-electron chi connectivity index (χ1n) is 4.12. The molecule has 0 saturated carbocycles. The molecule has 68 valence electrons. The van der Waals surface area contributed by atoms with Gasteiger partial charge in [0.05, 0.1) is 7.18 Å². The molecule has 12 heavy (non-hydrogen) atoms. The Kier molecular flexibility index (Phi) is 5.35. The lowest BCUT2D eigenvalue weighted by atomic mass is 10.1. The van der Waals surface area contributed by atoms with Gasteiger partial charge < -0.3 is 0 Å². The second-order valence-electron chi connectivity index (χ2n) is 2.97. The molecule has 0 N–H and O–H groups in total. The number of halogens is 1. The van der Waals surface area contributed by atoms with E-state index in [0.29, 0.717) is 7.18 Å². The molecule has 0 nitrogen and oxygen atoms in total. The highest BCUT2D eigenvalue weighted by atomic mass is 19.1. The van der Waals surface area contributed by atoms with Gasteiger partial charge in [0, 0.05) is 0 Å². The molecule has 1 aliphatic carbocycles. The van der Waals surface area contributed by atoms with Crippen molar-refractivity contribution in [3.8, 4) is 0 Å². The van der Waals surface area contributed by atoms with Crippen molar-refractivity contribution in [2.45, 2.75) is 19.8 Å². The van der Waals surface area contributed by atoms with E-state index in [2.05, 4.69) is 20.1 Å². The van der Waals surface area contributed by atoms with Crippen molar-refractivity contribution in [2.24, 2.45) is 5.92 Å². The van der Waals surface area contributed by atoms with Crippen molar-refractivity contribution in [1.29, 1.82) is 0 Å². The van der Waals surface area contributed by atoms with E-state index in [1.165, 1.54) is 24.0 Å². The second-order valence-corrected chi connectivity index (χ2v) is 2.97. The van der Waals surface area contributed by atoms with Gasteiger partial charge in [-0.25, -0.2) is 0 Å². The summed E-state index contributed by atoms with van der Waals surface area (Å²) in [5, 5.41) is 0. The Labute approximate surface area is 74.5 Å². The minimum absolute atomic E-state index is 0.500. The number of rotatable bonds is 2. The van der Waals surface area contributed by atoms with Gasteiger partial charge in [-0.3, -0.25) is 4.39 Å². The van der Waals surface area contributed by atoms with Gasteiger partial charge in [-0.05, 0) is 29.9 Å². The largest absolute Gasteiger partial charge is 0.255 e. The maximum atomic E-state index is 9.50. The standard InChI is InChI=1S/C10H14.CH3F/c1-4-9-6-8(3)7-10(9)5-2;1-2/h4-5,8H,1-2,6-7H2,3H3;1H3. The van der Waals surface area contributed by atoms with E-state index in [1.807, 2.05) is 12.2 Å². The van der Waals surface area contributed by atoms with Crippen LogP contribution in [0.25, 0.3) is 0 Å². The molecule has 0 unspecified atom stereocenters. The maximum absolute atomic E-state index is 9.50. The van der Waals surface area contributed by atoms with Crippen molar-refractivity contribution < 1.29 is 4.39 Å². The minimum atomic E-state index is 0.500. The van der Waals surface area contributed by atoms with Crippen molar-refractivity contribution in [2.75, 3.05) is 7.18 Å². The number of hydrogen-bond acceptors (Lipinski definition) is 0. The summed E-state index contributed by atoms with van der Waals surface area (Å²) in [6.45, 7) is 9.80. The number of alkyl halides is 1. The van der Waals surface area contributed by atoms with Crippen LogP contribution in [-0.2, 0) is 0 Å². The topological polar surface area (TPSA) is 0 Å². The highest BCUT2D eigenvalue weighted by molar-refractivity contribution is 5.35. The van der Waals surface area contributed by atoms with Crippen LogP contribution in [0.15, 0.2) is 36.5 Å². The first kappa shape index (κ1) is 11.2. The van der Waals surface area contributed by atoms with Crippen molar-refractivity contribution >= 4 is 0 Å². The summed E-state index contributed by atoms with van der Waals surface area (Å²) in [6, 6.07) is 0. The van der Waals surface area contributed by atoms with Crippen molar-refractivity contribution in [3.05, 3.63) is 36.5 Å². The molecule has 0 saturated heterocycles. The first-order chi connectivity index (χ1) is 5.77. The molecule has 0 bridgehead atoms. The number of allylic oxidation sites excluding steroid dienone is 4. The Morgan fingerprint density at radius 1 is 1.17 bits per heavy atom. The fourth-order valence-corrected chi connectivity index (χ4v) is 1.51. The monoisotopic (exact) mass is 168 g/mol. The molecular weight excluding hydrogens is 151 g/mol. The summed E-state index contributed by atoms with van der Waals surface area (Å²) in [6.07, 6.45) is 6.29. The van der Waals surface area contributed by atoms with E-state index in [0.717, 1.165) is 5.92 Å². The molecule has 1 rings (SSSR count). The van der Waals surface area contributed by atoms with E-state index in [9.17, 15) is 4.39 Å². The Hall–Kier alpha value is -0.850. The van der Waals surface area contributed by atoms with E-state index < -0.39 is 0 Å². The quantitative estimate of drug-likeness (QED) is 0.590. The lowest BCUT2D eigenvalue weighted by Crippen LogP contribution is -1.83. The third-order valence-electron chi connectivity index (χ3n) is 2.04. The third-order valence-corrected chi connectivity index (χ3v) is 2.04. The fourth-order valence-electron chi connectivity index (χ4n) is 1.51. The van der Waals surface area contributed by atoms with Gasteiger partial charge in [-0.1, -0.05) is 32.2 Å². The molecule has 0 aliphatic heterocycles. The molecular formula is C11H17F. The second kappa shape index (κ2) is 5.76. The normalized spacial score (nSPS) is 16.9. The molecule has 0 fully saturated rings. The molecule has 1 heteroatoms. The van der Waals surface area contributed by atoms with Crippen LogP contribution >= 0.6 is 0 Å². The van der Waals surface area contributed by atoms with Crippen LogP contribution < -0.4 is 0 Å². The predicted molar refractivity (Wildman–Crippen MR) is 52.9 cm³/mol. The highest BCUT2D eigenvalue weighted by Crippen LogP contribution is 2.31.